The number of nitrogens with one attached hydrogen (secondary N) is 1. The van der Waals surface area contributed by atoms with Crippen LogP contribution in [0.4, 0.5) is 5.69 Å². The Morgan fingerprint density at radius 2 is 1.92 bits per heavy atom. The maximum atomic E-state index is 5.66. The monoisotopic (exact) mass is 393 g/mol. The van der Waals surface area contributed by atoms with E-state index in [1.807, 2.05) is 37.3 Å². The Kier molecular flexibility index (Phi) is 5.35. The van der Waals surface area contributed by atoms with Gasteiger partial charge in [0.15, 0.2) is 23.0 Å². The van der Waals surface area contributed by atoms with Crippen LogP contribution in [0.1, 0.15) is 12.5 Å². The van der Waals surface area contributed by atoms with Gasteiger partial charge in [0.25, 0.3) is 0 Å². The zero-order valence-corrected chi connectivity index (χ0v) is 15.3. The minimum Gasteiger partial charge on any atom is -0.492 e. The quantitative estimate of drug-likeness (QED) is 0.794. The van der Waals surface area contributed by atoms with Crippen molar-refractivity contribution in [1.82, 2.24) is 0 Å². The molecule has 128 valence electrons. The van der Waals surface area contributed by atoms with Gasteiger partial charge in [0.2, 0.25) is 0 Å². The van der Waals surface area contributed by atoms with Gasteiger partial charge >= 0.3 is 0 Å². The molecule has 6 heteroatoms. The topological polar surface area (TPSA) is 49.0 Å². The number of rotatable bonds is 6. The molecule has 1 aliphatic heterocycles. The summed E-state index contributed by atoms with van der Waals surface area (Å²) in [6.45, 7) is 4.37. The van der Waals surface area contributed by atoms with Gasteiger partial charge in [0, 0.05) is 18.3 Å². The van der Waals surface area contributed by atoms with Gasteiger partial charge in [-0.2, -0.15) is 0 Å². The van der Waals surface area contributed by atoms with E-state index in [4.69, 9.17) is 18.9 Å². The molecule has 0 radical (unpaired) electrons. The molecule has 0 aliphatic carbocycles. The second-order valence-electron chi connectivity index (χ2n) is 5.25. The molecule has 2 aromatic carbocycles. The number of fused-ring (bicyclic) bond motifs is 1. The van der Waals surface area contributed by atoms with E-state index >= 15 is 0 Å². The van der Waals surface area contributed by atoms with Crippen LogP contribution in [0.5, 0.6) is 23.0 Å². The molecular formula is C18H20BrNO4. The number of hydrogen-bond donors (Lipinski definition) is 1. The molecule has 24 heavy (non-hydrogen) atoms. The maximum absolute atomic E-state index is 5.66. The highest BCUT2D eigenvalue weighted by Gasteiger charge is 2.13. The van der Waals surface area contributed by atoms with Crippen LogP contribution in [0, 0.1) is 0 Å². The average Bonchev–Trinajstić information content (AvgIpc) is 2.60. The van der Waals surface area contributed by atoms with Gasteiger partial charge in [0.1, 0.15) is 13.2 Å². The van der Waals surface area contributed by atoms with Gasteiger partial charge in [-0.05, 0) is 52.7 Å². The molecule has 5 nitrogen and oxygen atoms in total. The summed E-state index contributed by atoms with van der Waals surface area (Å²) in [4.78, 5) is 0. The van der Waals surface area contributed by atoms with E-state index in [1.54, 1.807) is 7.11 Å². The number of ether oxygens (including phenoxy) is 4. The van der Waals surface area contributed by atoms with Gasteiger partial charge < -0.3 is 24.3 Å². The average molecular weight is 394 g/mol. The zero-order chi connectivity index (χ0) is 16.9. The lowest BCUT2D eigenvalue weighted by atomic mass is 10.2. The van der Waals surface area contributed by atoms with E-state index in [0.29, 0.717) is 32.1 Å². The Balaban J connectivity index is 1.74. The lowest BCUT2D eigenvalue weighted by molar-refractivity contribution is 0.171. The standard InChI is InChI=1S/C18H20BrNO4/c1-3-22-17-9-12(8-14(19)18(17)21-2)11-20-13-4-5-15-16(10-13)24-7-6-23-15/h4-5,8-10,20H,3,6-7,11H2,1-2H3. The molecule has 0 saturated heterocycles. The first kappa shape index (κ1) is 16.8. The lowest BCUT2D eigenvalue weighted by Crippen LogP contribution is -2.15. The molecule has 0 atom stereocenters. The molecular weight excluding hydrogens is 374 g/mol. The van der Waals surface area contributed by atoms with Crippen LogP contribution in [-0.4, -0.2) is 26.9 Å². The number of anilines is 1. The van der Waals surface area contributed by atoms with Gasteiger partial charge in [-0.15, -0.1) is 0 Å². The first-order valence-corrected chi connectivity index (χ1v) is 8.63. The van der Waals surface area contributed by atoms with Gasteiger partial charge in [-0.1, -0.05) is 0 Å². The Labute approximate surface area is 150 Å². The van der Waals surface area contributed by atoms with Crippen molar-refractivity contribution >= 4 is 21.6 Å². The molecule has 2 aromatic rings. The lowest BCUT2D eigenvalue weighted by Gasteiger charge is -2.19. The molecule has 1 N–H and O–H groups in total. The van der Waals surface area contributed by atoms with Gasteiger partial charge in [-0.3, -0.25) is 0 Å². The molecule has 0 unspecified atom stereocenters. The number of methoxy groups -OCH3 is 1. The van der Waals surface area contributed by atoms with E-state index in [9.17, 15) is 0 Å². The molecule has 1 heterocycles. The van der Waals surface area contributed by atoms with E-state index in [0.717, 1.165) is 33.0 Å². The third kappa shape index (κ3) is 3.70. The summed E-state index contributed by atoms with van der Waals surface area (Å²) in [5.41, 5.74) is 2.06. The van der Waals surface area contributed by atoms with Crippen molar-refractivity contribution in [2.45, 2.75) is 13.5 Å². The highest BCUT2D eigenvalue weighted by Crippen LogP contribution is 2.37. The first-order chi connectivity index (χ1) is 11.7. The van der Waals surface area contributed by atoms with Crippen LogP contribution in [0.2, 0.25) is 0 Å². The summed E-state index contributed by atoms with van der Waals surface area (Å²) < 4.78 is 23.1. The summed E-state index contributed by atoms with van der Waals surface area (Å²) >= 11 is 3.53. The second kappa shape index (κ2) is 7.66. The van der Waals surface area contributed by atoms with Crippen LogP contribution in [0.15, 0.2) is 34.8 Å². The smallest absolute Gasteiger partial charge is 0.174 e. The molecule has 0 amide bonds. The van der Waals surface area contributed by atoms with E-state index in [1.165, 1.54) is 0 Å². The Morgan fingerprint density at radius 3 is 2.67 bits per heavy atom. The summed E-state index contributed by atoms with van der Waals surface area (Å²) in [5, 5.41) is 3.39. The Bertz CT molecular complexity index is 720. The first-order valence-electron chi connectivity index (χ1n) is 7.84. The molecule has 0 saturated carbocycles. The predicted octanol–water partition coefficient (Wildman–Crippen LogP) is 4.24. The largest absolute Gasteiger partial charge is 0.492 e. The fourth-order valence-electron chi connectivity index (χ4n) is 2.54. The van der Waals surface area contributed by atoms with E-state index in [2.05, 4.69) is 21.2 Å². The predicted molar refractivity (Wildman–Crippen MR) is 96.6 cm³/mol. The summed E-state index contributed by atoms with van der Waals surface area (Å²) in [7, 11) is 1.63. The molecule has 0 aromatic heterocycles. The fraction of sp³-hybridized carbons (Fsp3) is 0.333. The van der Waals surface area contributed by atoms with Crippen molar-refractivity contribution in [3.63, 3.8) is 0 Å². The molecule has 0 fully saturated rings. The van der Waals surface area contributed by atoms with Crippen LogP contribution in [-0.2, 0) is 6.54 Å². The fourth-order valence-corrected chi connectivity index (χ4v) is 3.19. The third-order valence-corrected chi connectivity index (χ3v) is 4.20. The van der Waals surface area contributed by atoms with Crippen LogP contribution < -0.4 is 24.3 Å². The second-order valence-corrected chi connectivity index (χ2v) is 6.11. The van der Waals surface area contributed by atoms with Crippen molar-refractivity contribution in [2.75, 3.05) is 32.2 Å². The summed E-state index contributed by atoms with van der Waals surface area (Å²) in [5.74, 6) is 3.00. The van der Waals surface area contributed by atoms with Crippen molar-refractivity contribution in [3.05, 3.63) is 40.4 Å². The minimum atomic E-state index is 0.583. The van der Waals surface area contributed by atoms with E-state index < -0.39 is 0 Å². The van der Waals surface area contributed by atoms with Gasteiger partial charge in [-0.25, -0.2) is 0 Å². The Hall–Kier alpha value is -2.08. The van der Waals surface area contributed by atoms with Crippen molar-refractivity contribution in [2.24, 2.45) is 0 Å². The maximum Gasteiger partial charge on any atom is 0.174 e. The number of halogens is 1. The minimum absolute atomic E-state index is 0.583. The number of benzene rings is 2. The molecule has 0 spiro atoms. The van der Waals surface area contributed by atoms with Gasteiger partial charge in [0.05, 0.1) is 18.2 Å². The van der Waals surface area contributed by atoms with Crippen molar-refractivity contribution in [1.29, 1.82) is 0 Å². The van der Waals surface area contributed by atoms with Crippen LogP contribution in [0.3, 0.4) is 0 Å². The van der Waals surface area contributed by atoms with E-state index in [-0.39, 0.29) is 0 Å². The summed E-state index contributed by atoms with van der Waals surface area (Å²) in [6, 6.07) is 9.86. The van der Waals surface area contributed by atoms with Crippen LogP contribution in [0.25, 0.3) is 0 Å². The van der Waals surface area contributed by atoms with Crippen LogP contribution >= 0.6 is 15.9 Å². The number of hydrogen-bond acceptors (Lipinski definition) is 5. The van der Waals surface area contributed by atoms with Crippen molar-refractivity contribution in [3.8, 4) is 23.0 Å². The highest BCUT2D eigenvalue weighted by molar-refractivity contribution is 9.10. The zero-order valence-electron chi connectivity index (χ0n) is 13.7. The highest BCUT2D eigenvalue weighted by atomic mass is 79.9. The van der Waals surface area contributed by atoms with Crippen molar-refractivity contribution < 1.29 is 18.9 Å². The molecule has 3 rings (SSSR count). The normalized spacial score (nSPS) is 12.6. The SMILES string of the molecule is CCOc1cc(CNc2ccc3c(c2)OCCO3)cc(Br)c1OC. The summed E-state index contributed by atoms with van der Waals surface area (Å²) in [6.07, 6.45) is 0. The molecule has 0 bridgehead atoms. The molecule has 1 aliphatic rings. The third-order valence-electron chi connectivity index (χ3n) is 3.61. The Morgan fingerprint density at radius 1 is 1.12 bits per heavy atom.